The van der Waals surface area contributed by atoms with Crippen LogP contribution >= 0.6 is 0 Å². The molecule has 126 valence electrons. The molecule has 1 fully saturated rings. The number of aliphatic carboxylic acids is 1. The highest BCUT2D eigenvalue weighted by Crippen LogP contribution is 2.23. The van der Waals surface area contributed by atoms with Gasteiger partial charge in [-0.3, -0.25) is 9.59 Å². The second-order valence-electron chi connectivity index (χ2n) is 5.26. The summed E-state index contributed by atoms with van der Waals surface area (Å²) in [5.74, 6) is -0.699. The highest BCUT2D eigenvalue weighted by molar-refractivity contribution is 6.15. The number of carbonyl (C=O) groups is 3. The number of carboxylic acids is 1. The van der Waals surface area contributed by atoms with E-state index in [9.17, 15) is 14.4 Å². The van der Waals surface area contributed by atoms with Crippen LogP contribution in [0.5, 0.6) is 11.5 Å². The van der Waals surface area contributed by atoms with Crippen LogP contribution in [0.15, 0.2) is 60.3 Å². The monoisotopic (exact) mass is 338 g/mol. The minimum Gasteiger partial charge on any atom is -0.480 e. The van der Waals surface area contributed by atoms with Gasteiger partial charge in [0, 0.05) is 0 Å². The van der Waals surface area contributed by atoms with Crippen molar-refractivity contribution in [3.8, 4) is 11.5 Å². The Morgan fingerprint density at radius 2 is 1.80 bits per heavy atom. The third-order valence-electron chi connectivity index (χ3n) is 3.40. The first-order valence-electron chi connectivity index (χ1n) is 7.42. The molecule has 7 nitrogen and oxygen atoms in total. The molecule has 7 heteroatoms. The fourth-order valence-corrected chi connectivity index (χ4v) is 2.31. The Kier molecular flexibility index (Phi) is 4.47. The molecule has 1 aliphatic heterocycles. The van der Waals surface area contributed by atoms with Crippen molar-refractivity contribution in [2.24, 2.45) is 0 Å². The molecule has 2 N–H and O–H groups in total. The zero-order chi connectivity index (χ0) is 17.8. The Hall–Kier alpha value is -3.61. The lowest BCUT2D eigenvalue weighted by Crippen LogP contribution is -2.35. The van der Waals surface area contributed by atoms with Crippen molar-refractivity contribution in [2.45, 2.75) is 0 Å². The van der Waals surface area contributed by atoms with Crippen LogP contribution in [0.4, 0.5) is 4.79 Å². The number of imide groups is 1. The second kappa shape index (κ2) is 6.88. The van der Waals surface area contributed by atoms with Gasteiger partial charge in [0.2, 0.25) is 0 Å². The average molecular weight is 338 g/mol. The van der Waals surface area contributed by atoms with Crippen molar-refractivity contribution >= 4 is 24.0 Å². The highest BCUT2D eigenvalue weighted by atomic mass is 16.5. The second-order valence-corrected chi connectivity index (χ2v) is 5.26. The number of nitrogens with zero attached hydrogens (tertiary/aromatic N) is 1. The van der Waals surface area contributed by atoms with Crippen LogP contribution in [0, 0.1) is 0 Å². The van der Waals surface area contributed by atoms with Gasteiger partial charge in [-0.05, 0) is 35.9 Å². The predicted molar refractivity (Wildman–Crippen MR) is 88.8 cm³/mol. The van der Waals surface area contributed by atoms with E-state index in [1.807, 2.05) is 30.3 Å². The van der Waals surface area contributed by atoms with E-state index < -0.39 is 24.5 Å². The van der Waals surface area contributed by atoms with Gasteiger partial charge >= 0.3 is 12.0 Å². The summed E-state index contributed by atoms with van der Waals surface area (Å²) in [6.07, 6.45) is 1.47. The molecule has 2 aromatic carbocycles. The Morgan fingerprint density at radius 1 is 1.08 bits per heavy atom. The SMILES string of the molecule is O=C(O)CN1C(=O)N/C(=C/c2cccc(Oc3ccccc3)c2)C1=O. The summed E-state index contributed by atoms with van der Waals surface area (Å²) in [4.78, 5) is 35.2. The lowest BCUT2D eigenvalue weighted by molar-refractivity contribution is -0.140. The first-order chi connectivity index (χ1) is 12.0. The fourth-order valence-electron chi connectivity index (χ4n) is 2.31. The van der Waals surface area contributed by atoms with E-state index in [1.165, 1.54) is 6.08 Å². The Morgan fingerprint density at radius 3 is 2.52 bits per heavy atom. The quantitative estimate of drug-likeness (QED) is 0.645. The van der Waals surface area contributed by atoms with Crippen LogP contribution in [0.1, 0.15) is 5.56 Å². The van der Waals surface area contributed by atoms with Crippen LogP contribution in [-0.2, 0) is 9.59 Å². The van der Waals surface area contributed by atoms with Gasteiger partial charge in [0.15, 0.2) is 0 Å². The zero-order valence-electron chi connectivity index (χ0n) is 13.0. The number of carbonyl (C=O) groups excluding carboxylic acids is 2. The third kappa shape index (κ3) is 3.84. The molecule has 2 aromatic rings. The maximum Gasteiger partial charge on any atom is 0.329 e. The summed E-state index contributed by atoms with van der Waals surface area (Å²) in [7, 11) is 0. The van der Waals surface area contributed by atoms with Crippen molar-refractivity contribution in [1.82, 2.24) is 10.2 Å². The first kappa shape index (κ1) is 16.3. The van der Waals surface area contributed by atoms with Crippen LogP contribution in [0.2, 0.25) is 0 Å². The Labute approximate surface area is 143 Å². The van der Waals surface area contributed by atoms with Gasteiger partial charge in [-0.15, -0.1) is 0 Å². The van der Waals surface area contributed by atoms with Gasteiger partial charge in [-0.25, -0.2) is 9.69 Å². The number of ether oxygens (including phenoxy) is 1. The van der Waals surface area contributed by atoms with E-state index in [4.69, 9.17) is 9.84 Å². The molecule has 0 atom stereocenters. The van der Waals surface area contributed by atoms with Crippen LogP contribution < -0.4 is 10.1 Å². The molecule has 1 aliphatic rings. The summed E-state index contributed by atoms with van der Waals surface area (Å²) in [5.41, 5.74) is 0.650. The summed E-state index contributed by atoms with van der Waals surface area (Å²) < 4.78 is 5.72. The van der Waals surface area contributed by atoms with Crippen LogP contribution in [0.3, 0.4) is 0 Å². The van der Waals surface area contributed by atoms with Crippen molar-refractivity contribution in [3.05, 3.63) is 65.9 Å². The van der Waals surface area contributed by atoms with Crippen molar-refractivity contribution < 1.29 is 24.2 Å². The lowest BCUT2D eigenvalue weighted by atomic mass is 10.2. The fraction of sp³-hybridized carbons (Fsp3) is 0.0556. The van der Waals surface area contributed by atoms with Gasteiger partial charge in [0.05, 0.1) is 0 Å². The number of amides is 3. The van der Waals surface area contributed by atoms with Crippen molar-refractivity contribution in [3.63, 3.8) is 0 Å². The molecule has 3 amide bonds. The molecule has 1 heterocycles. The molecule has 1 saturated heterocycles. The maximum absolute atomic E-state index is 12.1. The normalized spacial score (nSPS) is 15.4. The molecule has 0 bridgehead atoms. The number of hydrogen-bond acceptors (Lipinski definition) is 4. The number of para-hydroxylation sites is 1. The molecule has 0 radical (unpaired) electrons. The predicted octanol–water partition coefficient (Wildman–Crippen LogP) is 2.46. The Balaban J connectivity index is 1.80. The standard InChI is InChI=1S/C18H14N2O5/c21-16(22)11-20-17(23)15(19-18(20)24)10-12-5-4-8-14(9-12)25-13-6-2-1-3-7-13/h1-10H,11H2,(H,19,24)(H,21,22)/b15-10+. The zero-order valence-corrected chi connectivity index (χ0v) is 13.0. The topological polar surface area (TPSA) is 95.9 Å². The molecule has 0 aromatic heterocycles. The van der Waals surface area contributed by atoms with E-state index in [-0.39, 0.29) is 5.70 Å². The minimum atomic E-state index is -1.26. The number of carboxylic acid groups (broad SMARTS) is 1. The van der Waals surface area contributed by atoms with Gasteiger partial charge < -0.3 is 15.2 Å². The van der Waals surface area contributed by atoms with Crippen molar-refractivity contribution in [2.75, 3.05) is 6.54 Å². The molecule has 0 aliphatic carbocycles. The molecule has 3 rings (SSSR count). The van der Waals surface area contributed by atoms with E-state index >= 15 is 0 Å². The summed E-state index contributed by atoms with van der Waals surface area (Å²) in [6.45, 7) is -0.681. The van der Waals surface area contributed by atoms with E-state index in [1.54, 1.807) is 24.3 Å². The van der Waals surface area contributed by atoms with Gasteiger partial charge in [0.25, 0.3) is 5.91 Å². The minimum absolute atomic E-state index is 0.0168. The van der Waals surface area contributed by atoms with E-state index in [2.05, 4.69) is 5.32 Å². The van der Waals surface area contributed by atoms with E-state index in [0.717, 1.165) is 0 Å². The average Bonchev–Trinajstić information content (AvgIpc) is 2.83. The van der Waals surface area contributed by atoms with Gasteiger partial charge in [-0.2, -0.15) is 0 Å². The lowest BCUT2D eigenvalue weighted by Gasteiger charge is -2.07. The summed E-state index contributed by atoms with van der Waals surface area (Å²) in [6, 6.07) is 15.4. The molecule has 0 spiro atoms. The van der Waals surface area contributed by atoms with Crippen LogP contribution in [0.25, 0.3) is 6.08 Å². The largest absolute Gasteiger partial charge is 0.480 e. The van der Waals surface area contributed by atoms with Crippen LogP contribution in [-0.4, -0.2) is 34.5 Å². The summed E-state index contributed by atoms with van der Waals surface area (Å²) in [5, 5.41) is 11.1. The number of nitrogens with one attached hydrogen (secondary N) is 1. The number of benzene rings is 2. The maximum atomic E-state index is 12.1. The molecule has 0 unspecified atom stereocenters. The highest BCUT2D eigenvalue weighted by Gasteiger charge is 2.34. The smallest absolute Gasteiger partial charge is 0.329 e. The number of urea groups is 1. The Bertz CT molecular complexity index is 861. The van der Waals surface area contributed by atoms with Gasteiger partial charge in [-0.1, -0.05) is 30.3 Å². The number of hydrogen-bond donors (Lipinski definition) is 2. The third-order valence-corrected chi connectivity index (χ3v) is 3.40. The first-order valence-corrected chi connectivity index (χ1v) is 7.42. The summed E-state index contributed by atoms with van der Waals surface area (Å²) >= 11 is 0. The molecular formula is C18H14N2O5. The molecular weight excluding hydrogens is 324 g/mol. The van der Waals surface area contributed by atoms with Crippen molar-refractivity contribution in [1.29, 1.82) is 0 Å². The molecule has 25 heavy (non-hydrogen) atoms. The van der Waals surface area contributed by atoms with Gasteiger partial charge in [0.1, 0.15) is 23.7 Å². The molecule has 0 saturated carbocycles. The number of rotatable bonds is 5. The van der Waals surface area contributed by atoms with E-state index in [0.29, 0.717) is 22.0 Å².